The summed E-state index contributed by atoms with van der Waals surface area (Å²) in [6, 6.07) is 7.05. The van der Waals surface area contributed by atoms with Crippen LogP contribution < -0.4 is 4.74 Å². The topological polar surface area (TPSA) is 55.8 Å². The van der Waals surface area contributed by atoms with Gasteiger partial charge in [-0.1, -0.05) is 0 Å². The van der Waals surface area contributed by atoms with E-state index in [2.05, 4.69) is 0 Å². The Morgan fingerprint density at radius 3 is 2.45 bits per heavy atom. The van der Waals surface area contributed by atoms with Gasteiger partial charge in [0.05, 0.1) is 20.1 Å². The minimum absolute atomic E-state index is 0.0427. The molecule has 0 aliphatic heterocycles. The Kier molecular flexibility index (Phi) is 5.81. The minimum Gasteiger partial charge on any atom is -0.497 e. The summed E-state index contributed by atoms with van der Waals surface area (Å²) >= 11 is 0. The van der Waals surface area contributed by atoms with E-state index in [0.717, 1.165) is 18.6 Å². The molecule has 0 aromatic heterocycles. The van der Waals surface area contributed by atoms with Gasteiger partial charge < -0.3 is 14.4 Å². The average molecular weight is 305 g/mol. The maximum Gasteiger partial charge on any atom is 0.307 e. The quantitative estimate of drug-likeness (QED) is 0.692. The van der Waals surface area contributed by atoms with E-state index in [0.29, 0.717) is 31.2 Å². The van der Waals surface area contributed by atoms with E-state index in [1.54, 1.807) is 43.2 Å². The second kappa shape index (κ2) is 7.82. The number of carbonyl (C=O) groups is 2. The monoisotopic (exact) mass is 305 g/mol. The predicted molar refractivity (Wildman–Crippen MR) is 82.9 cm³/mol. The molecule has 1 aliphatic carbocycles. The molecule has 0 unspecified atom stereocenters. The molecule has 1 aromatic carbocycles. The van der Waals surface area contributed by atoms with Crippen LogP contribution in [0.25, 0.3) is 0 Å². The molecule has 0 radical (unpaired) electrons. The van der Waals surface area contributed by atoms with Crippen LogP contribution in [0.15, 0.2) is 24.3 Å². The maximum atomic E-state index is 12.6. The summed E-state index contributed by atoms with van der Waals surface area (Å²) in [7, 11) is 1.59. The first-order valence-corrected chi connectivity index (χ1v) is 7.73. The Balaban J connectivity index is 1.99. The lowest BCUT2D eigenvalue weighted by atomic mass is 10.1. The van der Waals surface area contributed by atoms with Crippen molar-refractivity contribution in [1.29, 1.82) is 0 Å². The number of hydrogen-bond acceptors (Lipinski definition) is 4. The third-order valence-electron chi connectivity index (χ3n) is 3.69. The van der Waals surface area contributed by atoms with Crippen molar-refractivity contribution in [3.63, 3.8) is 0 Å². The van der Waals surface area contributed by atoms with Crippen LogP contribution in [0.1, 0.15) is 36.5 Å². The van der Waals surface area contributed by atoms with Crippen molar-refractivity contribution >= 4 is 11.9 Å². The molecule has 0 N–H and O–H groups in total. The van der Waals surface area contributed by atoms with Crippen molar-refractivity contribution in [2.45, 2.75) is 26.2 Å². The van der Waals surface area contributed by atoms with Crippen molar-refractivity contribution < 1.29 is 19.1 Å². The van der Waals surface area contributed by atoms with Gasteiger partial charge in [0.2, 0.25) is 0 Å². The molecule has 5 heteroatoms. The first-order valence-electron chi connectivity index (χ1n) is 7.73. The van der Waals surface area contributed by atoms with Crippen LogP contribution in [0.2, 0.25) is 0 Å². The van der Waals surface area contributed by atoms with Gasteiger partial charge in [-0.15, -0.1) is 0 Å². The van der Waals surface area contributed by atoms with Gasteiger partial charge in [-0.25, -0.2) is 0 Å². The summed E-state index contributed by atoms with van der Waals surface area (Å²) < 4.78 is 10.0. The lowest BCUT2D eigenvalue weighted by Gasteiger charge is -2.22. The van der Waals surface area contributed by atoms with Gasteiger partial charge in [0.1, 0.15) is 5.75 Å². The molecule has 1 amide bonds. The van der Waals surface area contributed by atoms with Crippen LogP contribution in [0.3, 0.4) is 0 Å². The molecule has 22 heavy (non-hydrogen) atoms. The molecule has 0 spiro atoms. The van der Waals surface area contributed by atoms with Crippen LogP contribution in [0.5, 0.6) is 5.75 Å². The molecule has 1 saturated carbocycles. The van der Waals surface area contributed by atoms with Gasteiger partial charge >= 0.3 is 5.97 Å². The average Bonchev–Trinajstić information content (AvgIpc) is 3.35. The smallest absolute Gasteiger partial charge is 0.307 e. The molecule has 0 heterocycles. The third kappa shape index (κ3) is 4.76. The van der Waals surface area contributed by atoms with E-state index >= 15 is 0 Å². The second-order valence-electron chi connectivity index (χ2n) is 5.48. The van der Waals surface area contributed by atoms with Crippen LogP contribution >= 0.6 is 0 Å². The van der Waals surface area contributed by atoms with Gasteiger partial charge in [0.15, 0.2) is 0 Å². The molecular weight excluding hydrogens is 282 g/mol. The zero-order valence-electron chi connectivity index (χ0n) is 13.2. The molecule has 0 bridgehead atoms. The molecule has 0 saturated heterocycles. The number of rotatable bonds is 8. The molecule has 2 rings (SSSR count). The van der Waals surface area contributed by atoms with E-state index < -0.39 is 0 Å². The molecule has 1 fully saturated rings. The van der Waals surface area contributed by atoms with E-state index in [4.69, 9.17) is 9.47 Å². The molecule has 0 atom stereocenters. The fourth-order valence-electron chi connectivity index (χ4n) is 2.26. The Morgan fingerprint density at radius 1 is 1.23 bits per heavy atom. The first-order chi connectivity index (χ1) is 10.6. The fourth-order valence-corrected chi connectivity index (χ4v) is 2.26. The lowest BCUT2D eigenvalue weighted by Crippen LogP contribution is -2.35. The molecule has 120 valence electrons. The zero-order chi connectivity index (χ0) is 15.9. The Hall–Kier alpha value is -2.04. The van der Waals surface area contributed by atoms with Crippen molar-refractivity contribution in [3.05, 3.63) is 29.8 Å². The summed E-state index contributed by atoms with van der Waals surface area (Å²) in [4.78, 5) is 25.9. The number of carbonyl (C=O) groups excluding carboxylic acids is 2. The Morgan fingerprint density at radius 2 is 1.91 bits per heavy atom. The van der Waals surface area contributed by atoms with Crippen molar-refractivity contribution in [2.24, 2.45) is 5.92 Å². The van der Waals surface area contributed by atoms with Crippen molar-refractivity contribution in [1.82, 2.24) is 4.90 Å². The zero-order valence-corrected chi connectivity index (χ0v) is 13.2. The predicted octanol–water partition coefficient (Wildman–Crippen LogP) is 2.50. The standard InChI is InChI=1S/C17H23NO4/c1-3-22-16(19)10-11-18(12-13-4-5-13)17(20)14-6-8-15(21-2)9-7-14/h6-9,13H,3-5,10-12H2,1-2H3. The molecule has 1 aromatic rings. The normalized spacial score (nSPS) is 13.5. The summed E-state index contributed by atoms with van der Waals surface area (Å²) in [5.74, 6) is 0.992. The largest absolute Gasteiger partial charge is 0.497 e. The SMILES string of the molecule is CCOC(=O)CCN(CC1CC1)C(=O)c1ccc(OC)cc1. The fraction of sp³-hybridized carbons (Fsp3) is 0.529. The minimum atomic E-state index is -0.258. The number of hydrogen-bond donors (Lipinski definition) is 0. The highest BCUT2D eigenvalue weighted by atomic mass is 16.5. The maximum absolute atomic E-state index is 12.6. The van der Waals surface area contributed by atoms with Crippen LogP contribution in [-0.4, -0.2) is 43.6 Å². The highest BCUT2D eigenvalue weighted by Gasteiger charge is 2.27. The van der Waals surface area contributed by atoms with Gasteiger partial charge in [-0.2, -0.15) is 0 Å². The number of amides is 1. The number of nitrogens with zero attached hydrogens (tertiary/aromatic N) is 1. The van der Waals surface area contributed by atoms with Crippen LogP contribution in [0, 0.1) is 5.92 Å². The van der Waals surface area contributed by atoms with Crippen molar-refractivity contribution in [3.8, 4) is 5.75 Å². The van der Waals surface area contributed by atoms with E-state index in [-0.39, 0.29) is 18.3 Å². The number of ether oxygens (including phenoxy) is 2. The number of benzene rings is 1. The van der Waals surface area contributed by atoms with Gasteiger partial charge in [-0.05, 0) is 49.9 Å². The molecule has 5 nitrogen and oxygen atoms in total. The number of methoxy groups -OCH3 is 1. The second-order valence-corrected chi connectivity index (χ2v) is 5.48. The van der Waals surface area contributed by atoms with E-state index in [9.17, 15) is 9.59 Å². The van der Waals surface area contributed by atoms with E-state index in [1.165, 1.54) is 0 Å². The Labute approximate surface area is 131 Å². The Bertz CT molecular complexity index is 508. The van der Waals surface area contributed by atoms with Crippen molar-refractivity contribution in [2.75, 3.05) is 26.8 Å². The van der Waals surface area contributed by atoms with Gasteiger partial charge in [0.25, 0.3) is 5.91 Å². The highest BCUT2D eigenvalue weighted by molar-refractivity contribution is 5.94. The summed E-state index contributed by atoms with van der Waals surface area (Å²) in [6.07, 6.45) is 2.56. The molecule has 1 aliphatic rings. The summed E-state index contributed by atoms with van der Waals surface area (Å²) in [6.45, 7) is 3.26. The van der Waals surface area contributed by atoms with Crippen LogP contribution in [0.4, 0.5) is 0 Å². The third-order valence-corrected chi connectivity index (χ3v) is 3.69. The van der Waals surface area contributed by atoms with Crippen LogP contribution in [-0.2, 0) is 9.53 Å². The van der Waals surface area contributed by atoms with Gasteiger partial charge in [0, 0.05) is 18.7 Å². The summed E-state index contributed by atoms with van der Waals surface area (Å²) in [5, 5.41) is 0. The number of esters is 1. The molecular formula is C17H23NO4. The first kappa shape index (κ1) is 16.3. The lowest BCUT2D eigenvalue weighted by molar-refractivity contribution is -0.143. The van der Waals surface area contributed by atoms with E-state index in [1.807, 2.05) is 0 Å². The highest BCUT2D eigenvalue weighted by Crippen LogP contribution is 2.30. The summed E-state index contributed by atoms with van der Waals surface area (Å²) in [5.41, 5.74) is 0.616. The van der Waals surface area contributed by atoms with Gasteiger partial charge in [-0.3, -0.25) is 9.59 Å².